The zero-order chi connectivity index (χ0) is 5.54. The molecule has 1 fully saturated rings. The second kappa shape index (κ2) is 5.63. The SMILES string of the molecule is C1CCNC1.C=O. The first-order valence-corrected chi connectivity index (χ1v) is 2.50. The number of rotatable bonds is 0. The Morgan fingerprint density at radius 1 is 1.14 bits per heavy atom. The van der Waals surface area contributed by atoms with Gasteiger partial charge in [-0.15, -0.1) is 0 Å². The van der Waals surface area contributed by atoms with E-state index < -0.39 is 0 Å². The van der Waals surface area contributed by atoms with E-state index in [1.807, 2.05) is 6.79 Å². The molecule has 0 bridgehead atoms. The van der Waals surface area contributed by atoms with Gasteiger partial charge in [-0.1, -0.05) is 0 Å². The molecule has 1 aliphatic heterocycles. The molecular weight excluding hydrogens is 90.1 g/mol. The Bertz CT molecular complexity index is 27.5. The molecule has 0 radical (unpaired) electrons. The van der Waals surface area contributed by atoms with Gasteiger partial charge in [0.1, 0.15) is 6.79 Å². The summed E-state index contributed by atoms with van der Waals surface area (Å²) in [5, 5.41) is 3.22. The van der Waals surface area contributed by atoms with Crippen molar-refractivity contribution in [1.82, 2.24) is 5.32 Å². The van der Waals surface area contributed by atoms with Crippen molar-refractivity contribution >= 4 is 6.79 Å². The smallest absolute Gasteiger partial charge is 0.106 e. The highest BCUT2D eigenvalue weighted by Gasteiger charge is 1.93. The molecule has 0 aromatic heterocycles. The van der Waals surface area contributed by atoms with E-state index in [4.69, 9.17) is 4.79 Å². The Labute approximate surface area is 43.9 Å². The second-order valence-electron chi connectivity index (χ2n) is 1.46. The lowest BCUT2D eigenvalue weighted by Crippen LogP contribution is -2.03. The Balaban J connectivity index is 0.000000162. The number of nitrogens with one attached hydrogen (secondary N) is 1. The fraction of sp³-hybridized carbons (Fsp3) is 0.800. The minimum Gasteiger partial charge on any atom is -0.317 e. The van der Waals surface area contributed by atoms with E-state index in [0.717, 1.165) is 0 Å². The van der Waals surface area contributed by atoms with Crippen LogP contribution in [0.4, 0.5) is 0 Å². The molecule has 0 aromatic carbocycles. The summed E-state index contributed by atoms with van der Waals surface area (Å²) >= 11 is 0. The van der Waals surface area contributed by atoms with Crippen LogP contribution in [0.2, 0.25) is 0 Å². The number of carbonyl (C=O) groups is 1. The average Bonchev–Trinajstić information content (AvgIpc) is 2.23. The average molecular weight is 101 g/mol. The van der Waals surface area contributed by atoms with Crippen molar-refractivity contribution in [3.63, 3.8) is 0 Å². The normalized spacial score (nSPS) is 17.7. The summed E-state index contributed by atoms with van der Waals surface area (Å²) in [6.07, 6.45) is 2.78. The van der Waals surface area contributed by atoms with Gasteiger partial charge < -0.3 is 10.1 Å². The van der Waals surface area contributed by atoms with Gasteiger partial charge in [0.15, 0.2) is 0 Å². The van der Waals surface area contributed by atoms with Crippen LogP contribution in [0.1, 0.15) is 12.8 Å². The van der Waals surface area contributed by atoms with E-state index in [0.29, 0.717) is 0 Å². The van der Waals surface area contributed by atoms with Gasteiger partial charge in [-0.25, -0.2) is 0 Å². The molecule has 0 unspecified atom stereocenters. The van der Waals surface area contributed by atoms with Gasteiger partial charge >= 0.3 is 0 Å². The molecule has 7 heavy (non-hydrogen) atoms. The highest BCUT2D eigenvalue weighted by atomic mass is 16.1. The number of carbonyl (C=O) groups excluding carboxylic acids is 1. The topological polar surface area (TPSA) is 29.1 Å². The van der Waals surface area contributed by atoms with Gasteiger partial charge in [-0.05, 0) is 25.9 Å². The molecule has 0 amide bonds. The first-order valence-electron chi connectivity index (χ1n) is 2.50. The molecule has 1 rings (SSSR count). The van der Waals surface area contributed by atoms with Crippen LogP contribution in [-0.2, 0) is 4.79 Å². The Kier molecular flexibility index (Phi) is 5.33. The van der Waals surface area contributed by atoms with Crippen LogP contribution in [0, 0.1) is 0 Å². The van der Waals surface area contributed by atoms with E-state index in [2.05, 4.69) is 5.32 Å². The monoisotopic (exact) mass is 101 g/mol. The first-order chi connectivity index (χ1) is 3.50. The van der Waals surface area contributed by atoms with Crippen molar-refractivity contribution in [3.05, 3.63) is 0 Å². The van der Waals surface area contributed by atoms with E-state index in [-0.39, 0.29) is 0 Å². The second-order valence-corrected chi connectivity index (χ2v) is 1.46. The summed E-state index contributed by atoms with van der Waals surface area (Å²) in [4.78, 5) is 8.00. The Morgan fingerprint density at radius 3 is 1.71 bits per heavy atom. The fourth-order valence-electron chi connectivity index (χ4n) is 0.625. The maximum Gasteiger partial charge on any atom is 0.106 e. The molecule has 2 heteroatoms. The van der Waals surface area contributed by atoms with Crippen LogP contribution < -0.4 is 5.32 Å². The van der Waals surface area contributed by atoms with Crippen molar-refractivity contribution in [1.29, 1.82) is 0 Å². The number of hydrogen-bond acceptors (Lipinski definition) is 2. The fourth-order valence-corrected chi connectivity index (χ4v) is 0.625. The van der Waals surface area contributed by atoms with Crippen LogP contribution in [0.3, 0.4) is 0 Å². The predicted molar refractivity (Wildman–Crippen MR) is 29.2 cm³/mol. The highest BCUT2D eigenvalue weighted by Crippen LogP contribution is 1.90. The number of hydrogen-bond donors (Lipinski definition) is 1. The minimum absolute atomic E-state index is 1.25. The van der Waals surface area contributed by atoms with E-state index in [9.17, 15) is 0 Å². The van der Waals surface area contributed by atoms with Crippen molar-refractivity contribution in [2.75, 3.05) is 13.1 Å². The molecule has 42 valence electrons. The van der Waals surface area contributed by atoms with Gasteiger partial charge in [0.2, 0.25) is 0 Å². The first kappa shape index (κ1) is 6.63. The summed E-state index contributed by atoms with van der Waals surface area (Å²) < 4.78 is 0. The lowest BCUT2D eigenvalue weighted by atomic mass is 10.4. The summed E-state index contributed by atoms with van der Waals surface area (Å²) in [7, 11) is 0. The maximum absolute atomic E-state index is 8.00. The molecule has 1 N–H and O–H groups in total. The van der Waals surface area contributed by atoms with Crippen LogP contribution in [0.15, 0.2) is 0 Å². The van der Waals surface area contributed by atoms with Crippen molar-refractivity contribution in [2.45, 2.75) is 12.8 Å². The van der Waals surface area contributed by atoms with Gasteiger partial charge in [0, 0.05) is 0 Å². The molecule has 1 heterocycles. The van der Waals surface area contributed by atoms with Crippen LogP contribution in [0.25, 0.3) is 0 Å². The van der Waals surface area contributed by atoms with Gasteiger partial charge in [-0.3, -0.25) is 0 Å². The quantitative estimate of drug-likeness (QED) is 0.471. The molecule has 1 aliphatic rings. The van der Waals surface area contributed by atoms with E-state index in [1.54, 1.807) is 0 Å². The summed E-state index contributed by atoms with van der Waals surface area (Å²) in [5.41, 5.74) is 0. The Morgan fingerprint density at radius 2 is 1.57 bits per heavy atom. The van der Waals surface area contributed by atoms with Gasteiger partial charge in [-0.2, -0.15) is 0 Å². The Hall–Kier alpha value is -0.370. The van der Waals surface area contributed by atoms with Gasteiger partial charge in [0.05, 0.1) is 0 Å². The summed E-state index contributed by atoms with van der Waals surface area (Å²) in [6.45, 7) is 4.50. The molecule has 0 aromatic rings. The molecule has 2 nitrogen and oxygen atoms in total. The minimum atomic E-state index is 1.25. The summed E-state index contributed by atoms with van der Waals surface area (Å²) in [6, 6.07) is 0. The lowest BCUT2D eigenvalue weighted by Gasteiger charge is -1.76. The van der Waals surface area contributed by atoms with Crippen LogP contribution in [0.5, 0.6) is 0 Å². The van der Waals surface area contributed by atoms with E-state index >= 15 is 0 Å². The third-order valence-corrected chi connectivity index (χ3v) is 0.957. The standard InChI is InChI=1S/C4H9N.CH2O/c1-2-4-5-3-1;1-2/h5H,1-4H2;1H2. The molecule has 0 saturated carbocycles. The zero-order valence-electron chi connectivity index (χ0n) is 4.44. The van der Waals surface area contributed by atoms with Crippen molar-refractivity contribution in [3.8, 4) is 0 Å². The summed E-state index contributed by atoms with van der Waals surface area (Å²) in [5.74, 6) is 0. The van der Waals surface area contributed by atoms with Crippen LogP contribution >= 0.6 is 0 Å². The largest absolute Gasteiger partial charge is 0.317 e. The molecule has 1 saturated heterocycles. The third-order valence-electron chi connectivity index (χ3n) is 0.957. The van der Waals surface area contributed by atoms with E-state index in [1.165, 1.54) is 25.9 Å². The molecule has 0 aliphatic carbocycles. The third kappa shape index (κ3) is 3.46. The molecule has 0 spiro atoms. The zero-order valence-corrected chi connectivity index (χ0v) is 4.44. The molecule has 0 atom stereocenters. The van der Waals surface area contributed by atoms with Crippen molar-refractivity contribution in [2.24, 2.45) is 0 Å². The van der Waals surface area contributed by atoms with Gasteiger partial charge in [0.25, 0.3) is 0 Å². The van der Waals surface area contributed by atoms with Crippen LogP contribution in [-0.4, -0.2) is 19.9 Å². The maximum atomic E-state index is 8.00. The molecular formula is C5H11NO. The lowest BCUT2D eigenvalue weighted by molar-refractivity contribution is -0.0979. The highest BCUT2D eigenvalue weighted by molar-refractivity contribution is 5.10. The predicted octanol–water partition coefficient (Wildman–Crippen LogP) is 0.185. The van der Waals surface area contributed by atoms with Crippen molar-refractivity contribution < 1.29 is 4.79 Å².